The standard InChI is InChI=1S/C22H40O/c1-11-12-13-22(21(8,9)10)14-16(19(2,3)4)18(23)17(15-22)20(5,6)7/h14-15,18,23H,11-13H2,1-10H3. The maximum absolute atomic E-state index is 11.1. The molecule has 0 radical (unpaired) electrons. The Bertz CT molecular complexity index is 440. The highest BCUT2D eigenvalue weighted by Gasteiger charge is 2.45. The van der Waals surface area contributed by atoms with Crippen LogP contribution in [0, 0.1) is 21.7 Å². The number of unbranched alkanes of at least 4 members (excludes halogenated alkanes) is 1. The second kappa shape index (κ2) is 6.39. The molecule has 0 saturated carbocycles. The van der Waals surface area contributed by atoms with Crippen LogP contribution in [0.15, 0.2) is 23.3 Å². The second-order valence-corrected chi connectivity index (χ2v) is 10.5. The van der Waals surface area contributed by atoms with Crippen molar-refractivity contribution in [3.05, 3.63) is 23.3 Å². The SMILES string of the molecule is CCCCC1(C(C)(C)C)C=C(C(C)(C)C)C(O)C(C(C)(C)C)=C1. The number of hydrogen-bond donors (Lipinski definition) is 1. The van der Waals surface area contributed by atoms with Crippen molar-refractivity contribution in [2.45, 2.75) is 94.6 Å². The molecule has 1 rings (SSSR count). The van der Waals surface area contributed by atoms with Crippen molar-refractivity contribution >= 4 is 0 Å². The Morgan fingerprint density at radius 1 is 0.870 bits per heavy atom. The van der Waals surface area contributed by atoms with Crippen LogP contribution in [0.2, 0.25) is 0 Å². The molecule has 1 nitrogen and oxygen atoms in total. The molecule has 1 aliphatic carbocycles. The number of hydrogen-bond acceptors (Lipinski definition) is 1. The maximum atomic E-state index is 11.1. The lowest BCUT2D eigenvalue weighted by Gasteiger charge is -2.49. The van der Waals surface area contributed by atoms with Gasteiger partial charge in [0.05, 0.1) is 6.10 Å². The van der Waals surface area contributed by atoms with Gasteiger partial charge < -0.3 is 5.11 Å². The molecular formula is C22H40O. The fourth-order valence-corrected chi connectivity index (χ4v) is 3.60. The van der Waals surface area contributed by atoms with E-state index in [1.54, 1.807) is 0 Å². The molecular weight excluding hydrogens is 280 g/mol. The summed E-state index contributed by atoms with van der Waals surface area (Å²) in [6.07, 6.45) is 7.96. The number of rotatable bonds is 3. The highest BCUT2D eigenvalue weighted by molar-refractivity contribution is 5.41. The molecule has 0 spiro atoms. The topological polar surface area (TPSA) is 20.2 Å². The molecule has 0 saturated heterocycles. The average Bonchev–Trinajstić information content (AvgIpc) is 2.33. The van der Waals surface area contributed by atoms with E-state index in [9.17, 15) is 5.11 Å². The Hall–Kier alpha value is -0.560. The summed E-state index contributed by atoms with van der Waals surface area (Å²) in [4.78, 5) is 0. The monoisotopic (exact) mass is 320 g/mol. The van der Waals surface area contributed by atoms with Gasteiger partial charge in [0.15, 0.2) is 0 Å². The van der Waals surface area contributed by atoms with E-state index in [0.29, 0.717) is 0 Å². The first kappa shape index (κ1) is 20.5. The van der Waals surface area contributed by atoms with Gasteiger partial charge in [-0.1, -0.05) is 94.2 Å². The van der Waals surface area contributed by atoms with Gasteiger partial charge in [-0.25, -0.2) is 0 Å². The Balaban J connectivity index is 3.62. The second-order valence-electron chi connectivity index (χ2n) is 10.5. The third-order valence-electron chi connectivity index (χ3n) is 5.49. The van der Waals surface area contributed by atoms with E-state index >= 15 is 0 Å². The van der Waals surface area contributed by atoms with Crippen molar-refractivity contribution in [1.82, 2.24) is 0 Å². The fraction of sp³-hybridized carbons (Fsp3) is 0.818. The predicted octanol–water partition coefficient (Wildman–Crippen LogP) is 6.53. The van der Waals surface area contributed by atoms with Crippen LogP contribution in [0.1, 0.15) is 88.5 Å². The zero-order chi connectivity index (χ0) is 18.3. The molecule has 0 atom stereocenters. The normalized spacial score (nSPS) is 26.8. The third kappa shape index (κ3) is 4.29. The van der Waals surface area contributed by atoms with Crippen molar-refractivity contribution < 1.29 is 5.11 Å². The zero-order valence-electron chi connectivity index (χ0n) is 17.3. The summed E-state index contributed by atoms with van der Waals surface area (Å²) in [5, 5.41) is 11.1. The quantitative estimate of drug-likeness (QED) is 0.586. The van der Waals surface area contributed by atoms with Crippen LogP contribution in [0.5, 0.6) is 0 Å². The molecule has 0 aliphatic heterocycles. The molecule has 23 heavy (non-hydrogen) atoms. The molecule has 0 aromatic carbocycles. The van der Waals surface area contributed by atoms with Gasteiger partial charge in [0.25, 0.3) is 0 Å². The summed E-state index contributed by atoms with van der Waals surface area (Å²) < 4.78 is 0. The van der Waals surface area contributed by atoms with Gasteiger partial charge in [0, 0.05) is 5.41 Å². The Labute approximate surface area is 145 Å². The summed E-state index contributed by atoms with van der Waals surface area (Å²) in [6, 6.07) is 0. The van der Waals surface area contributed by atoms with Crippen LogP contribution >= 0.6 is 0 Å². The van der Waals surface area contributed by atoms with Crippen molar-refractivity contribution in [1.29, 1.82) is 0 Å². The molecule has 0 aromatic rings. The number of allylic oxidation sites excluding steroid dienone is 2. The molecule has 0 bridgehead atoms. The van der Waals surface area contributed by atoms with Crippen LogP contribution in [0.4, 0.5) is 0 Å². The van der Waals surface area contributed by atoms with Crippen molar-refractivity contribution in [3.63, 3.8) is 0 Å². The van der Waals surface area contributed by atoms with Crippen LogP contribution < -0.4 is 0 Å². The lowest BCUT2D eigenvalue weighted by molar-refractivity contribution is 0.140. The molecule has 1 N–H and O–H groups in total. The molecule has 0 unspecified atom stereocenters. The predicted molar refractivity (Wildman–Crippen MR) is 102 cm³/mol. The zero-order valence-corrected chi connectivity index (χ0v) is 17.3. The summed E-state index contributed by atoms with van der Waals surface area (Å²) in [5.74, 6) is 0. The molecule has 1 heteroatoms. The Kier molecular flexibility index (Phi) is 5.69. The van der Waals surface area contributed by atoms with E-state index in [0.717, 1.165) is 6.42 Å². The van der Waals surface area contributed by atoms with Gasteiger partial charge in [-0.2, -0.15) is 0 Å². The minimum atomic E-state index is -0.452. The van der Waals surface area contributed by atoms with Gasteiger partial charge in [-0.3, -0.25) is 0 Å². The van der Waals surface area contributed by atoms with Gasteiger partial charge in [-0.05, 0) is 33.8 Å². The van der Waals surface area contributed by atoms with Gasteiger partial charge in [-0.15, -0.1) is 0 Å². The van der Waals surface area contributed by atoms with Gasteiger partial charge >= 0.3 is 0 Å². The van der Waals surface area contributed by atoms with Gasteiger partial charge in [0.2, 0.25) is 0 Å². The maximum Gasteiger partial charge on any atom is 0.0971 e. The van der Waals surface area contributed by atoms with Crippen molar-refractivity contribution in [2.24, 2.45) is 21.7 Å². The lowest BCUT2D eigenvalue weighted by Crippen LogP contribution is -2.41. The van der Waals surface area contributed by atoms with E-state index in [-0.39, 0.29) is 21.7 Å². The van der Waals surface area contributed by atoms with Crippen molar-refractivity contribution in [2.75, 3.05) is 0 Å². The lowest BCUT2D eigenvalue weighted by atomic mass is 9.56. The number of aliphatic hydroxyl groups is 1. The van der Waals surface area contributed by atoms with Crippen LogP contribution in [-0.4, -0.2) is 11.2 Å². The molecule has 1 aliphatic rings. The highest BCUT2D eigenvalue weighted by atomic mass is 16.3. The summed E-state index contributed by atoms with van der Waals surface area (Å²) in [5.41, 5.74) is 2.50. The fourth-order valence-electron chi connectivity index (χ4n) is 3.60. The minimum absolute atomic E-state index is 0.0209. The summed E-state index contributed by atoms with van der Waals surface area (Å²) >= 11 is 0. The average molecular weight is 321 g/mol. The van der Waals surface area contributed by atoms with Crippen LogP contribution in [-0.2, 0) is 0 Å². The number of aliphatic hydroxyl groups excluding tert-OH is 1. The van der Waals surface area contributed by atoms with Crippen molar-refractivity contribution in [3.8, 4) is 0 Å². The Morgan fingerprint density at radius 3 is 1.52 bits per heavy atom. The van der Waals surface area contributed by atoms with Gasteiger partial charge in [0.1, 0.15) is 0 Å². The first-order valence-corrected chi connectivity index (χ1v) is 9.30. The van der Waals surface area contributed by atoms with E-state index in [2.05, 4.69) is 81.4 Å². The first-order valence-electron chi connectivity index (χ1n) is 9.30. The largest absolute Gasteiger partial charge is 0.384 e. The first-order chi connectivity index (χ1) is 10.2. The van der Waals surface area contributed by atoms with Crippen LogP contribution in [0.25, 0.3) is 0 Å². The molecule has 0 heterocycles. The molecule has 134 valence electrons. The summed E-state index contributed by atoms with van der Waals surface area (Å²) in [6.45, 7) is 22.6. The third-order valence-corrected chi connectivity index (χ3v) is 5.49. The van der Waals surface area contributed by atoms with E-state index in [1.165, 1.54) is 24.0 Å². The summed E-state index contributed by atoms with van der Waals surface area (Å²) in [7, 11) is 0. The highest BCUT2D eigenvalue weighted by Crippen LogP contribution is 2.54. The molecule has 0 fully saturated rings. The molecule has 0 aromatic heterocycles. The van der Waals surface area contributed by atoms with E-state index in [4.69, 9.17) is 0 Å². The van der Waals surface area contributed by atoms with E-state index < -0.39 is 6.10 Å². The Morgan fingerprint density at radius 2 is 1.26 bits per heavy atom. The van der Waals surface area contributed by atoms with Crippen LogP contribution in [0.3, 0.4) is 0 Å². The smallest absolute Gasteiger partial charge is 0.0971 e. The van der Waals surface area contributed by atoms with E-state index in [1.807, 2.05) is 0 Å². The minimum Gasteiger partial charge on any atom is -0.384 e. The molecule has 0 amide bonds.